The number of allylic oxidation sites excluding steroid dienone is 6. The minimum Gasteiger partial charge on any atom is -0.457 e. The van der Waals surface area contributed by atoms with Crippen LogP contribution >= 0.6 is 0 Å². The molecule has 0 aromatic heterocycles. The van der Waals surface area contributed by atoms with Crippen LogP contribution in [0.2, 0.25) is 0 Å². The Labute approximate surface area is 340 Å². The molecule has 0 aliphatic carbocycles. The summed E-state index contributed by atoms with van der Waals surface area (Å²) in [5.41, 5.74) is 0. The number of rotatable bonds is 32. The highest BCUT2D eigenvalue weighted by molar-refractivity contribution is 5.69. The fourth-order valence-electron chi connectivity index (χ4n) is 6.59. The third kappa shape index (κ3) is 21.3. The monoisotopic (exact) mass is 817 g/mol. The lowest BCUT2D eigenvalue weighted by molar-refractivity contribution is -0.332. The van der Waals surface area contributed by atoms with Gasteiger partial charge in [-0.15, -0.1) is 0 Å². The van der Waals surface area contributed by atoms with Crippen molar-refractivity contribution >= 4 is 5.97 Å². The second-order valence-corrected chi connectivity index (χ2v) is 15.1. The highest BCUT2D eigenvalue weighted by Crippen LogP contribution is 2.26. The molecule has 2 saturated heterocycles. The Hall–Kier alpha value is -1.79. The average molecular weight is 817 g/mol. The Bertz CT molecular complexity index is 1090. The van der Waals surface area contributed by atoms with E-state index in [1.165, 1.54) is 32.1 Å². The Morgan fingerprint density at radius 1 is 0.596 bits per heavy atom. The van der Waals surface area contributed by atoms with Gasteiger partial charge in [0.25, 0.3) is 0 Å². The zero-order valence-electron chi connectivity index (χ0n) is 34.6. The summed E-state index contributed by atoms with van der Waals surface area (Å²) in [6.07, 6.45) is 15.2. The second kappa shape index (κ2) is 32.0. The van der Waals surface area contributed by atoms with Crippen LogP contribution in [0.4, 0.5) is 0 Å². The molecule has 0 bridgehead atoms. The number of esters is 1. The molecule has 14 nitrogen and oxygen atoms in total. The van der Waals surface area contributed by atoms with Crippen molar-refractivity contribution in [3.63, 3.8) is 0 Å². The van der Waals surface area contributed by atoms with Crippen LogP contribution in [0.3, 0.4) is 0 Å². The molecule has 2 aliphatic rings. The van der Waals surface area contributed by atoms with E-state index >= 15 is 0 Å². The lowest BCUT2D eigenvalue weighted by Crippen LogP contribution is -2.61. The summed E-state index contributed by atoms with van der Waals surface area (Å²) in [5.74, 6) is -0.396. The number of unbranched alkanes of at least 4 members (excludes halogenated alkanes) is 12. The van der Waals surface area contributed by atoms with Crippen molar-refractivity contribution in [1.29, 1.82) is 0 Å². The maximum absolute atomic E-state index is 12.9. The van der Waals surface area contributed by atoms with E-state index in [-0.39, 0.29) is 19.6 Å². The predicted octanol–water partition coefficient (Wildman–Crippen LogP) is 4.29. The van der Waals surface area contributed by atoms with Gasteiger partial charge in [0.2, 0.25) is 0 Å². The number of carbonyl (C=O) groups excluding carboxylic acids is 1. The topological polar surface area (TPSA) is 214 Å². The molecule has 0 radical (unpaired) electrons. The average Bonchev–Trinajstić information content (AvgIpc) is 3.20. The molecule has 0 aromatic carbocycles. The molecule has 0 amide bonds. The molecule has 57 heavy (non-hydrogen) atoms. The minimum atomic E-state index is -1.71. The number of aliphatic hydroxyl groups is 7. The van der Waals surface area contributed by atoms with Gasteiger partial charge in [-0.2, -0.15) is 0 Å². The number of ether oxygens (including phenoxy) is 6. The summed E-state index contributed by atoms with van der Waals surface area (Å²) >= 11 is 0. The van der Waals surface area contributed by atoms with Crippen LogP contribution in [0.15, 0.2) is 36.5 Å². The minimum absolute atomic E-state index is 0.0547. The summed E-state index contributed by atoms with van der Waals surface area (Å²) in [4.78, 5) is 12.9. The fraction of sp³-hybridized carbons (Fsp3) is 0.837. The Balaban J connectivity index is 1.83. The molecule has 332 valence electrons. The van der Waals surface area contributed by atoms with Crippen molar-refractivity contribution < 1.29 is 69.0 Å². The SMILES string of the molecule is CC/C=C\C/C=C\C/C=C\CCCCCCCC(=O)OC(COCCCCCCCCCC)COC1OC(COC2OC(CO)C(O)C(O)C2O)C(O)C(O)C1O. The zero-order valence-corrected chi connectivity index (χ0v) is 34.6. The van der Waals surface area contributed by atoms with Crippen LogP contribution in [0, 0.1) is 0 Å². The van der Waals surface area contributed by atoms with E-state index in [2.05, 4.69) is 50.3 Å². The van der Waals surface area contributed by atoms with E-state index in [4.69, 9.17) is 28.4 Å². The van der Waals surface area contributed by atoms with Crippen LogP contribution in [-0.2, 0) is 33.2 Å². The molecular formula is C43H76O14. The second-order valence-electron chi connectivity index (χ2n) is 15.1. The first kappa shape index (κ1) is 51.4. The quantitative estimate of drug-likeness (QED) is 0.0287. The van der Waals surface area contributed by atoms with Crippen molar-refractivity contribution in [2.45, 2.75) is 197 Å². The van der Waals surface area contributed by atoms with Crippen LogP contribution in [0.25, 0.3) is 0 Å². The third-order valence-electron chi connectivity index (χ3n) is 10.2. The van der Waals surface area contributed by atoms with E-state index in [0.717, 1.165) is 70.6 Å². The van der Waals surface area contributed by atoms with Gasteiger partial charge in [-0.1, -0.05) is 115 Å². The lowest BCUT2D eigenvalue weighted by atomic mass is 9.98. The Morgan fingerprint density at radius 3 is 1.79 bits per heavy atom. The van der Waals surface area contributed by atoms with Crippen molar-refractivity contribution in [2.24, 2.45) is 0 Å². The molecule has 2 aliphatic heterocycles. The van der Waals surface area contributed by atoms with E-state index in [1.54, 1.807) is 0 Å². The van der Waals surface area contributed by atoms with Gasteiger partial charge in [-0.25, -0.2) is 0 Å². The largest absolute Gasteiger partial charge is 0.457 e. The first-order chi connectivity index (χ1) is 27.6. The molecule has 2 heterocycles. The van der Waals surface area contributed by atoms with Crippen LogP contribution in [0.1, 0.15) is 129 Å². The smallest absolute Gasteiger partial charge is 0.306 e. The standard InChI is InChI=1S/C43H76O14/c1-3-5-7-9-11-13-14-15-16-17-18-19-20-22-24-26-35(45)55-32(29-52-27-25-23-21-12-10-8-6-4-2)30-53-42-41(51)39(49)37(47)34(57-42)31-54-43-40(50)38(48)36(46)33(28-44)56-43/h5,7,11,13,15-16,32-34,36-44,46-51H,3-4,6,8-10,12,14,17-31H2,1-2H3/b7-5-,13-11-,16-15-. The highest BCUT2D eigenvalue weighted by atomic mass is 16.7. The van der Waals surface area contributed by atoms with Crippen LogP contribution < -0.4 is 0 Å². The number of aliphatic hydroxyl groups excluding tert-OH is 7. The van der Waals surface area contributed by atoms with Crippen molar-refractivity contribution in [3.8, 4) is 0 Å². The molecule has 11 unspecified atom stereocenters. The third-order valence-corrected chi connectivity index (χ3v) is 10.2. The molecule has 2 fully saturated rings. The molecule has 0 saturated carbocycles. The van der Waals surface area contributed by atoms with E-state index in [0.29, 0.717) is 13.0 Å². The Kier molecular flexibility index (Phi) is 28.9. The first-order valence-electron chi connectivity index (χ1n) is 21.6. The normalized spacial score (nSPS) is 28.9. The molecule has 2 rings (SSSR count). The van der Waals surface area contributed by atoms with Crippen molar-refractivity contribution in [2.75, 3.05) is 33.0 Å². The van der Waals surface area contributed by atoms with E-state index in [9.17, 15) is 40.5 Å². The van der Waals surface area contributed by atoms with Gasteiger partial charge < -0.3 is 64.2 Å². The van der Waals surface area contributed by atoms with Gasteiger partial charge in [0.05, 0.1) is 26.4 Å². The summed E-state index contributed by atoms with van der Waals surface area (Å²) < 4.78 is 34.0. The molecule has 11 atom stereocenters. The van der Waals surface area contributed by atoms with Crippen LogP contribution in [0.5, 0.6) is 0 Å². The van der Waals surface area contributed by atoms with Gasteiger partial charge in [0, 0.05) is 13.0 Å². The lowest BCUT2D eigenvalue weighted by Gasteiger charge is -2.42. The van der Waals surface area contributed by atoms with E-state index < -0.39 is 86.7 Å². The summed E-state index contributed by atoms with van der Waals surface area (Å²) in [6.45, 7) is 3.49. The van der Waals surface area contributed by atoms with Crippen molar-refractivity contribution in [1.82, 2.24) is 0 Å². The number of hydrogen-bond donors (Lipinski definition) is 7. The highest BCUT2D eigenvalue weighted by Gasteiger charge is 2.47. The van der Waals surface area contributed by atoms with Gasteiger partial charge in [-0.3, -0.25) is 4.79 Å². The maximum Gasteiger partial charge on any atom is 0.306 e. The van der Waals surface area contributed by atoms with Gasteiger partial charge >= 0.3 is 5.97 Å². The zero-order chi connectivity index (χ0) is 41.7. The molecular weight excluding hydrogens is 740 g/mol. The summed E-state index contributed by atoms with van der Waals surface area (Å²) in [6, 6.07) is 0. The Morgan fingerprint density at radius 2 is 1.14 bits per heavy atom. The van der Waals surface area contributed by atoms with Gasteiger partial charge in [0.1, 0.15) is 54.9 Å². The molecule has 14 heteroatoms. The molecule has 7 N–H and O–H groups in total. The van der Waals surface area contributed by atoms with Gasteiger partial charge in [0.15, 0.2) is 12.6 Å². The summed E-state index contributed by atoms with van der Waals surface area (Å²) in [7, 11) is 0. The fourth-order valence-corrected chi connectivity index (χ4v) is 6.59. The maximum atomic E-state index is 12.9. The van der Waals surface area contributed by atoms with Gasteiger partial charge in [-0.05, 0) is 44.9 Å². The first-order valence-corrected chi connectivity index (χ1v) is 21.6. The number of carbonyl (C=O) groups is 1. The van der Waals surface area contributed by atoms with Crippen LogP contribution in [-0.4, -0.2) is 142 Å². The van der Waals surface area contributed by atoms with Crippen molar-refractivity contribution in [3.05, 3.63) is 36.5 Å². The predicted molar refractivity (Wildman–Crippen MR) is 215 cm³/mol. The van der Waals surface area contributed by atoms with E-state index in [1.807, 2.05) is 0 Å². The molecule has 0 spiro atoms. The number of hydrogen-bond acceptors (Lipinski definition) is 14. The summed E-state index contributed by atoms with van der Waals surface area (Å²) in [5, 5.41) is 71.7. The molecule has 0 aromatic rings.